The third-order valence-electron chi connectivity index (χ3n) is 3.08. The van der Waals surface area contributed by atoms with Gasteiger partial charge < -0.3 is 15.4 Å². The maximum atomic E-state index is 13.6. The number of benzene rings is 1. The number of nitrogens with one attached hydrogen (secondary N) is 2. The zero-order valence-corrected chi connectivity index (χ0v) is 13.8. The second kappa shape index (κ2) is 10.00. The van der Waals surface area contributed by atoms with Gasteiger partial charge in [-0.2, -0.15) is 13.2 Å². The van der Waals surface area contributed by atoms with E-state index in [4.69, 9.17) is 4.74 Å². The maximum absolute atomic E-state index is 13.6. The molecule has 1 aromatic carbocycles. The van der Waals surface area contributed by atoms with E-state index in [-0.39, 0.29) is 30.9 Å². The Hall–Kier alpha value is -1.99. The highest BCUT2D eigenvalue weighted by atomic mass is 19.4. The Morgan fingerprint density at radius 2 is 1.92 bits per heavy atom. The number of hydrogen-bond donors (Lipinski definition) is 2. The largest absolute Gasteiger partial charge is 0.485 e. The van der Waals surface area contributed by atoms with Crippen molar-refractivity contribution in [2.75, 3.05) is 19.6 Å². The molecule has 24 heavy (non-hydrogen) atoms. The Bertz CT molecular complexity index is 520. The molecule has 0 saturated carbocycles. The Labute approximate surface area is 139 Å². The minimum absolute atomic E-state index is 0.134. The van der Waals surface area contributed by atoms with Crippen LogP contribution in [0.3, 0.4) is 0 Å². The fourth-order valence-corrected chi connectivity index (χ4v) is 1.83. The molecule has 1 unspecified atom stereocenters. The molecule has 8 heteroatoms. The molecule has 0 aromatic heterocycles. The van der Waals surface area contributed by atoms with Crippen LogP contribution in [0.15, 0.2) is 29.3 Å². The number of nitrogens with zero attached hydrogens (tertiary/aromatic N) is 1. The minimum atomic E-state index is -4.22. The first-order valence-electron chi connectivity index (χ1n) is 7.85. The van der Waals surface area contributed by atoms with Gasteiger partial charge in [0.15, 0.2) is 17.5 Å². The molecule has 0 fully saturated rings. The van der Waals surface area contributed by atoms with Crippen molar-refractivity contribution < 1.29 is 22.3 Å². The SMILES string of the molecule is CCNC(=NCC(CC)Oc1ccccc1F)NCCC(F)(F)F. The Kier molecular flexibility index (Phi) is 8.35. The first kappa shape index (κ1) is 20.1. The van der Waals surface area contributed by atoms with Crippen LogP contribution in [0.1, 0.15) is 26.7 Å². The van der Waals surface area contributed by atoms with E-state index >= 15 is 0 Å². The van der Waals surface area contributed by atoms with Gasteiger partial charge in [-0.05, 0) is 25.5 Å². The number of halogens is 4. The van der Waals surface area contributed by atoms with Crippen molar-refractivity contribution in [1.82, 2.24) is 10.6 Å². The number of para-hydroxylation sites is 1. The van der Waals surface area contributed by atoms with Gasteiger partial charge in [-0.3, -0.25) is 0 Å². The number of hydrogen-bond acceptors (Lipinski definition) is 2. The van der Waals surface area contributed by atoms with E-state index in [0.717, 1.165) is 0 Å². The lowest BCUT2D eigenvalue weighted by molar-refractivity contribution is -0.132. The van der Waals surface area contributed by atoms with Crippen molar-refractivity contribution in [1.29, 1.82) is 0 Å². The van der Waals surface area contributed by atoms with Gasteiger partial charge in [0.05, 0.1) is 13.0 Å². The van der Waals surface area contributed by atoms with Crippen LogP contribution in [0.4, 0.5) is 17.6 Å². The van der Waals surface area contributed by atoms with E-state index in [9.17, 15) is 17.6 Å². The molecule has 0 radical (unpaired) electrons. The molecule has 1 rings (SSSR count). The lowest BCUT2D eigenvalue weighted by atomic mass is 10.2. The Balaban J connectivity index is 2.59. The monoisotopic (exact) mass is 349 g/mol. The molecule has 1 atom stereocenters. The van der Waals surface area contributed by atoms with Crippen molar-refractivity contribution in [2.24, 2.45) is 4.99 Å². The molecule has 2 N–H and O–H groups in total. The number of guanidine groups is 1. The van der Waals surface area contributed by atoms with E-state index in [0.29, 0.717) is 13.0 Å². The highest BCUT2D eigenvalue weighted by Gasteiger charge is 2.26. The molecule has 0 spiro atoms. The van der Waals surface area contributed by atoms with Crippen molar-refractivity contribution in [2.45, 2.75) is 39.0 Å². The quantitative estimate of drug-likeness (QED) is 0.429. The Morgan fingerprint density at radius 3 is 2.50 bits per heavy atom. The molecule has 1 aromatic rings. The molecule has 0 aliphatic rings. The van der Waals surface area contributed by atoms with Crippen molar-refractivity contribution in [3.63, 3.8) is 0 Å². The lowest BCUT2D eigenvalue weighted by Gasteiger charge is -2.18. The molecule has 136 valence electrons. The molecule has 4 nitrogen and oxygen atoms in total. The lowest BCUT2D eigenvalue weighted by Crippen LogP contribution is -2.39. The molecule has 0 heterocycles. The average Bonchev–Trinajstić information content (AvgIpc) is 2.51. The maximum Gasteiger partial charge on any atom is 0.390 e. The number of rotatable bonds is 8. The van der Waals surface area contributed by atoms with Crippen molar-refractivity contribution >= 4 is 5.96 Å². The summed E-state index contributed by atoms with van der Waals surface area (Å²) in [5.41, 5.74) is 0. The van der Waals surface area contributed by atoms with Gasteiger partial charge in [-0.25, -0.2) is 9.38 Å². The standard InChI is InChI=1S/C16H23F4N3O/c1-3-12(24-14-8-6-5-7-13(14)17)11-23-15(21-4-2)22-10-9-16(18,19)20/h5-8,12H,3-4,9-11H2,1-2H3,(H2,21,22,23). The second-order valence-electron chi connectivity index (χ2n) is 5.09. The molecule has 0 saturated heterocycles. The summed E-state index contributed by atoms with van der Waals surface area (Å²) >= 11 is 0. The summed E-state index contributed by atoms with van der Waals surface area (Å²) in [7, 11) is 0. The molecular weight excluding hydrogens is 326 g/mol. The van der Waals surface area contributed by atoms with E-state index < -0.39 is 18.4 Å². The average molecular weight is 349 g/mol. The normalized spacial score (nSPS) is 13.5. The van der Waals surface area contributed by atoms with Gasteiger partial charge >= 0.3 is 6.18 Å². The van der Waals surface area contributed by atoms with E-state index in [1.807, 2.05) is 13.8 Å². The van der Waals surface area contributed by atoms with E-state index in [1.54, 1.807) is 12.1 Å². The van der Waals surface area contributed by atoms with Crippen LogP contribution in [-0.2, 0) is 0 Å². The first-order valence-corrected chi connectivity index (χ1v) is 7.85. The third-order valence-corrected chi connectivity index (χ3v) is 3.08. The van der Waals surface area contributed by atoms with Gasteiger partial charge in [-0.1, -0.05) is 19.1 Å². The fourth-order valence-electron chi connectivity index (χ4n) is 1.83. The third kappa shape index (κ3) is 8.03. The molecular formula is C16H23F4N3O. The predicted octanol–water partition coefficient (Wildman–Crippen LogP) is 3.49. The predicted molar refractivity (Wildman–Crippen MR) is 85.8 cm³/mol. The zero-order valence-electron chi connectivity index (χ0n) is 13.8. The topological polar surface area (TPSA) is 45.7 Å². The van der Waals surface area contributed by atoms with Crippen molar-refractivity contribution in [3.8, 4) is 5.75 Å². The van der Waals surface area contributed by atoms with Crippen LogP contribution in [0.25, 0.3) is 0 Å². The molecule has 0 bridgehead atoms. The van der Waals surface area contributed by atoms with Crippen LogP contribution in [0.5, 0.6) is 5.75 Å². The van der Waals surface area contributed by atoms with Gasteiger partial charge in [0, 0.05) is 13.1 Å². The molecule has 0 aliphatic carbocycles. The number of aliphatic imine (C=N–C) groups is 1. The fraction of sp³-hybridized carbons (Fsp3) is 0.562. The van der Waals surface area contributed by atoms with Crippen LogP contribution >= 0.6 is 0 Å². The van der Waals surface area contributed by atoms with Crippen LogP contribution in [-0.4, -0.2) is 37.9 Å². The summed E-state index contributed by atoms with van der Waals surface area (Å²) in [5, 5.41) is 5.49. The highest BCUT2D eigenvalue weighted by molar-refractivity contribution is 5.79. The van der Waals surface area contributed by atoms with Crippen LogP contribution in [0.2, 0.25) is 0 Å². The summed E-state index contributed by atoms with van der Waals surface area (Å²) in [5.74, 6) is -0.0537. The molecule has 0 amide bonds. The van der Waals surface area contributed by atoms with Gasteiger partial charge in [0.1, 0.15) is 6.10 Å². The van der Waals surface area contributed by atoms with Gasteiger partial charge in [-0.15, -0.1) is 0 Å². The van der Waals surface area contributed by atoms with Gasteiger partial charge in [0.25, 0.3) is 0 Å². The summed E-state index contributed by atoms with van der Waals surface area (Å²) in [6.07, 6.45) is -4.95. The smallest absolute Gasteiger partial charge is 0.390 e. The zero-order chi connectivity index (χ0) is 18.0. The minimum Gasteiger partial charge on any atom is -0.485 e. The van der Waals surface area contributed by atoms with Crippen LogP contribution in [0, 0.1) is 5.82 Å². The first-order chi connectivity index (χ1) is 11.4. The summed E-state index contributed by atoms with van der Waals surface area (Å²) in [6, 6.07) is 6.05. The highest BCUT2D eigenvalue weighted by Crippen LogP contribution is 2.19. The van der Waals surface area contributed by atoms with Crippen LogP contribution < -0.4 is 15.4 Å². The van der Waals surface area contributed by atoms with Crippen molar-refractivity contribution in [3.05, 3.63) is 30.1 Å². The Morgan fingerprint density at radius 1 is 1.21 bits per heavy atom. The summed E-state index contributed by atoms with van der Waals surface area (Å²) < 4.78 is 55.7. The summed E-state index contributed by atoms with van der Waals surface area (Å²) in [4.78, 5) is 4.21. The second-order valence-corrected chi connectivity index (χ2v) is 5.09. The number of alkyl halides is 3. The van der Waals surface area contributed by atoms with E-state index in [1.165, 1.54) is 12.1 Å². The van der Waals surface area contributed by atoms with Gasteiger partial charge in [0.2, 0.25) is 0 Å². The molecule has 0 aliphatic heterocycles. The number of ether oxygens (including phenoxy) is 1. The summed E-state index contributed by atoms with van der Waals surface area (Å²) in [6.45, 7) is 4.13. The van der Waals surface area contributed by atoms with E-state index in [2.05, 4.69) is 15.6 Å².